The summed E-state index contributed by atoms with van der Waals surface area (Å²) in [4.78, 5) is 22.1. The van der Waals surface area contributed by atoms with E-state index in [1.54, 1.807) is 6.07 Å². The van der Waals surface area contributed by atoms with Crippen LogP contribution in [0, 0.1) is 16.0 Å². The number of anilines is 1. The van der Waals surface area contributed by atoms with Crippen molar-refractivity contribution in [3.8, 4) is 0 Å². The summed E-state index contributed by atoms with van der Waals surface area (Å²) in [5.41, 5.74) is 5.49. The number of benzene rings is 1. The van der Waals surface area contributed by atoms with Crippen LogP contribution >= 0.6 is 15.9 Å². The van der Waals surface area contributed by atoms with Gasteiger partial charge in [-0.25, -0.2) is 0 Å². The molecule has 0 aliphatic rings. The van der Waals surface area contributed by atoms with Crippen molar-refractivity contribution in [1.82, 2.24) is 0 Å². The van der Waals surface area contributed by atoms with Crippen LogP contribution in [-0.4, -0.2) is 17.4 Å². The topological polar surface area (TPSA) is 98.3 Å². The van der Waals surface area contributed by atoms with Crippen LogP contribution in [0.3, 0.4) is 0 Å². The lowest BCUT2D eigenvalue weighted by atomic mass is 10.1. The summed E-state index contributed by atoms with van der Waals surface area (Å²) in [7, 11) is 0. The van der Waals surface area contributed by atoms with Gasteiger partial charge in [-0.15, -0.1) is 0 Å². The monoisotopic (exact) mass is 315 g/mol. The van der Waals surface area contributed by atoms with E-state index in [-0.39, 0.29) is 29.7 Å². The quantitative estimate of drug-likeness (QED) is 0.643. The number of carbonyl (C=O) groups is 1. The van der Waals surface area contributed by atoms with E-state index in [4.69, 9.17) is 5.73 Å². The molecule has 1 aromatic rings. The van der Waals surface area contributed by atoms with Crippen LogP contribution in [0.1, 0.15) is 13.3 Å². The van der Waals surface area contributed by atoms with Crippen molar-refractivity contribution in [3.05, 3.63) is 32.8 Å². The summed E-state index contributed by atoms with van der Waals surface area (Å²) < 4.78 is 0.582. The van der Waals surface area contributed by atoms with Gasteiger partial charge in [0, 0.05) is 17.1 Å². The minimum Gasteiger partial charge on any atom is -0.330 e. The number of hydrogen-bond donors (Lipinski definition) is 2. The lowest BCUT2D eigenvalue weighted by molar-refractivity contribution is -0.384. The molecule has 1 unspecified atom stereocenters. The maximum absolute atomic E-state index is 11.8. The average Bonchev–Trinajstić information content (AvgIpc) is 2.32. The summed E-state index contributed by atoms with van der Waals surface area (Å²) in [5.74, 6) is -0.640. The van der Waals surface area contributed by atoms with E-state index < -0.39 is 4.92 Å². The number of halogens is 1. The highest BCUT2D eigenvalue weighted by Gasteiger charge is 2.20. The third kappa shape index (κ3) is 3.51. The van der Waals surface area contributed by atoms with Crippen LogP contribution in [0.4, 0.5) is 11.4 Å². The van der Waals surface area contributed by atoms with Crippen molar-refractivity contribution < 1.29 is 9.72 Å². The molecule has 6 nitrogen and oxygen atoms in total. The second kappa shape index (κ2) is 6.46. The van der Waals surface area contributed by atoms with Crippen LogP contribution in [0.15, 0.2) is 22.7 Å². The van der Waals surface area contributed by atoms with Gasteiger partial charge in [-0.05, 0) is 18.6 Å². The Morgan fingerprint density at radius 3 is 2.78 bits per heavy atom. The zero-order chi connectivity index (χ0) is 13.7. The van der Waals surface area contributed by atoms with Crippen molar-refractivity contribution >= 4 is 33.2 Å². The molecule has 98 valence electrons. The van der Waals surface area contributed by atoms with Crippen molar-refractivity contribution in [1.29, 1.82) is 0 Å². The molecule has 0 saturated heterocycles. The highest BCUT2D eigenvalue weighted by atomic mass is 79.9. The number of rotatable bonds is 5. The lowest BCUT2D eigenvalue weighted by Crippen LogP contribution is -2.28. The maximum atomic E-state index is 11.8. The molecule has 1 amide bonds. The first-order chi connectivity index (χ1) is 8.49. The SMILES string of the molecule is CCC(CN)C(=O)Nc1ccc(Br)cc1[N+](=O)[O-]. The number of nitrogens with one attached hydrogen (secondary N) is 1. The molecule has 1 rings (SSSR count). The molecule has 0 aromatic heterocycles. The highest BCUT2D eigenvalue weighted by molar-refractivity contribution is 9.10. The summed E-state index contributed by atoms with van der Waals surface area (Å²) in [6.07, 6.45) is 0.590. The van der Waals surface area contributed by atoms with E-state index >= 15 is 0 Å². The molecule has 18 heavy (non-hydrogen) atoms. The average molecular weight is 316 g/mol. The molecular weight excluding hydrogens is 302 g/mol. The normalized spacial score (nSPS) is 11.9. The predicted octanol–water partition coefficient (Wildman–Crippen LogP) is 2.28. The van der Waals surface area contributed by atoms with Crippen molar-refractivity contribution in [3.63, 3.8) is 0 Å². The third-order valence-electron chi connectivity index (χ3n) is 2.56. The van der Waals surface area contributed by atoms with Crippen molar-refractivity contribution in [2.45, 2.75) is 13.3 Å². The van der Waals surface area contributed by atoms with Crippen LogP contribution in [-0.2, 0) is 4.79 Å². The van der Waals surface area contributed by atoms with Gasteiger partial charge in [0.1, 0.15) is 5.69 Å². The third-order valence-corrected chi connectivity index (χ3v) is 3.06. The minimum atomic E-state index is -0.538. The van der Waals surface area contributed by atoms with Crippen LogP contribution in [0.2, 0.25) is 0 Å². The Labute approximate surface area is 113 Å². The maximum Gasteiger partial charge on any atom is 0.293 e. The number of nitrogens with two attached hydrogens (primary N) is 1. The van der Waals surface area contributed by atoms with E-state index in [2.05, 4.69) is 21.2 Å². The summed E-state index contributed by atoms with van der Waals surface area (Å²) >= 11 is 3.15. The van der Waals surface area contributed by atoms with Gasteiger partial charge >= 0.3 is 0 Å². The number of hydrogen-bond acceptors (Lipinski definition) is 4. The lowest BCUT2D eigenvalue weighted by Gasteiger charge is -2.12. The highest BCUT2D eigenvalue weighted by Crippen LogP contribution is 2.28. The number of carbonyl (C=O) groups excluding carboxylic acids is 1. The number of nitro benzene ring substituents is 1. The first-order valence-electron chi connectivity index (χ1n) is 5.44. The molecule has 3 N–H and O–H groups in total. The van der Waals surface area contributed by atoms with Gasteiger partial charge < -0.3 is 11.1 Å². The number of amides is 1. The first kappa shape index (κ1) is 14.6. The molecule has 7 heteroatoms. The first-order valence-corrected chi connectivity index (χ1v) is 6.23. The summed E-state index contributed by atoms with van der Waals surface area (Å²) in [6.45, 7) is 2.06. The minimum absolute atomic E-state index is 0.149. The fourth-order valence-electron chi connectivity index (χ4n) is 1.46. The van der Waals surface area contributed by atoms with E-state index in [0.29, 0.717) is 10.9 Å². The fourth-order valence-corrected chi connectivity index (χ4v) is 1.80. The van der Waals surface area contributed by atoms with E-state index in [0.717, 1.165) is 0 Å². The van der Waals surface area contributed by atoms with Crippen LogP contribution in [0.5, 0.6) is 0 Å². The molecule has 0 bridgehead atoms. The Balaban J connectivity index is 2.97. The van der Waals surface area contributed by atoms with Crippen LogP contribution < -0.4 is 11.1 Å². The molecule has 0 heterocycles. The van der Waals surface area contributed by atoms with Crippen molar-refractivity contribution in [2.24, 2.45) is 11.7 Å². The molecule has 0 spiro atoms. The van der Waals surface area contributed by atoms with Gasteiger partial charge in [-0.2, -0.15) is 0 Å². The summed E-state index contributed by atoms with van der Waals surface area (Å²) in [5, 5.41) is 13.4. The zero-order valence-corrected chi connectivity index (χ0v) is 11.4. The van der Waals surface area contributed by atoms with Crippen molar-refractivity contribution in [2.75, 3.05) is 11.9 Å². The zero-order valence-electron chi connectivity index (χ0n) is 9.85. The second-order valence-electron chi connectivity index (χ2n) is 3.75. The molecule has 0 fully saturated rings. The fraction of sp³-hybridized carbons (Fsp3) is 0.364. The number of nitro groups is 1. The molecule has 0 aliphatic heterocycles. The Kier molecular flexibility index (Phi) is 5.24. The Hall–Kier alpha value is -1.47. The molecule has 0 saturated carbocycles. The Morgan fingerprint density at radius 2 is 2.28 bits per heavy atom. The van der Waals surface area contributed by atoms with Gasteiger partial charge in [0.25, 0.3) is 5.69 Å². The second-order valence-corrected chi connectivity index (χ2v) is 4.66. The van der Waals surface area contributed by atoms with E-state index in [1.165, 1.54) is 12.1 Å². The predicted molar refractivity (Wildman–Crippen MR) is 72.3 cm³/mol. The summed E-state index contributed by atoms with van der Waals surface area (Å²) in [6, 6.07) is 4.47. The van der Waals surface area contributed by atoms with Gasteiger partial charge in [-0.1, -0.05) is 22.9 Å². The molecule has 0 radical (unpaired) electrons. The van der Waals surface area contributed by atoms with Gasteiger partial charge in [0.15, 0.2) is 0 Å². The molecule has 1 atom stereocenters. The number of nitrogens with zero attached hydrogens (tertiary/aromatic N) is 1. The molecule has 1 aromatic carbocycles. The molecular formula is C11H14BrN3O3. The van der Waals surface area contributed by atoms with Gasteiger partial charge in [0.05, 0.1) is 10.8 Å². The Bertz CT molecular complexity index is 461. The largest absolute Gasteiger partial charge is 0.330 e. The Morgan fingerprint density at radius 1 is 1.61 bits per heavy atom. The molecule has 0 aliphatic carbocycles. The smallest absolute Gasteiger partial charge is 0.293 e. The van der Waals surface area contributed by atoms with E-state index in [1.807, 2.05) is 6.92 Å². The van der Waals surface area contributed by atoms with E-state index in [9.17, 15) is 14.9 Å². The van der Waals surface area contributed by atoms with Gasteiger partial charge in [-0.3, -0.25) is 14.9 Å². The standard InChI is InChI=1S/C11H14BrN3O3/c1-2-7(6-13)11(16)14-9-4-3-8(12)5-10(9)15(17)18/h3-5,7H,2,6,13H2,1H3,(H,14,16). The van der Waals surface area contributed by atoms with Gasteiger partial charge in [0.2, 0.25) is 5.91 Å². The van der Waals surface area contributed by atoms with Crippen LogP contribution in [0.25, 0.3) is 0 Å².